The van der Waals surface area contributed by atoms with E-state index in [4.69, 9.17) is 10.5 Å². The molecular weight excluding hydrogens is 246 g/mol. The fourth-order valence-corrected chi connectivity index (χ4v) is 3.34. The highest BCUT2D eigenvalue weighted by Gasteiger charge is 2.64. The quantitative estimate of drug-likeness (QED) is 0.906. The van der Waals surface area contributed by atoms with E-state index < -0.39 is 0 Å². The minimum Gasteiger partial charge on any atom is -0.457 e. The largest absolute Gasteiger partial charge is 0.457 e. The highest BCUT2D eigenvalue weighted by atomic mass is 16.5. The standard InChI is InChI=1S/C18H19NO/c19-18(12-13-18)17(10-11-17)15-8-4-5-9-16(15)20-14-6-2-1-3-7-14/h1-9H,10-13,19H2. The van der Waals surface area contributed by atoms with Crippen LogP contribution in [0.4, 0.5) is 0 Å². The first kappa shape index (κ1) is 12.0. The summed E-state index contributed by atoms with van der Waals surface area (Å²) >= 11 is 0. The summed E-state index contributed by atoms with van der Waals surface area (Å²) in [4.78, 5) is 0. The second-order valence-electron chi connectivity index (χ2n) is 6.15. The summed E-state index contributed by atoms with van der Waals surface area (Å²) in [5.41, 5.74) is 8.00. The molecule has 0 aliphatic heterocycles. The van der Waals surface area contributed by atoms with Crippen molar-refractivity contribution in [3.63, 3.8) is 0 Å². The summed E-state index contributed by atoms with van der Waals surface area (Å²) in [5, 5.41) is 0. The Balaban J connectivity index is 1.71. The molecule has 2 aromatic rings. The molecule has 20 heavy (non-hydrogen) atoms. The van der Waals surface area contributed by atoms with E-state index in [-0.39, 0.29) is 11.0 Å². The molecule has 0 bridgehead atoms. The number of hydrogen-bond donors (Lipinski definition) is 1. The maximum atomic E-state index is 6.53. The molecular formula is C18H19NO. The molecule has 2 aliphatic carbocycles. The van der Waals surface area contributed by atoms with Crippen LogP contribution in [-0.2, 0) is 5.41 Å². The minimum atomic E-state index is 0.0170. The molecule has 0 aromatic heterocycles. The van der Waals surface area contributed by atoms with E-state index in [0.29, 0.717) is 0 Å². The van der Waals surface area contributed by atoms with Crippen molar-refractivity contribution in [1.29, 1.82) is 0 Å². The summed E-state index contributed by atoms with van der Waals surface area (Å²) in [7, 11) is 0. The molecule has 0 atom stereocenters. The van der Waals surface area contributed by atoms with Gasteiger partial charge in [-0.2, -0.15) is 0 Å². The van der Waals surface area contributed by atoms with Crippen LogP contribution in [0.2, 0.25) is 0 Å². The highest BCUT2D eigenvalue weighted by Crippen LogP contribution is 2.65. The normalized spacial score (nSPS) is 21.2. The predicted octanol–water partition coefficient (Wildman–Crippen LogP) is 4.00. The summed E-state index contributed by atoms with van der Waals surface area (Å²) in [6, 6.07) is 18.4. The molecule has 0 heterocycles. The second-order valence-corrected chi connectivity index (χ2v) is 6.15. The van der Waals surface area contributed by atoms with Crippen LogP contribution in [0.3, 0.4) is 0 Å². The SMILES string of the molecule is NC1(C2(c3ccccc3Oc3ccccc3)CC2)CC1. The molecule has 0 amide bonds. The topological polar surface area (TPSA) is 35.2 Å². The van der Waals surface area contributed by atoms with Crippen molar-refractivity contribution in [3.05, 3.63) is 60.2 Å². The van der Waals surface area contributed by atoms with Crippen molar-refractivity contribution in [2.45, 2.75) is 36.6 Å². The van der Waals surface area contributed by atoms with Gasteiger partial charge in [-0.05, 0) is 43.9 Å². The monoisotopic (exact) mass is 265 g/mol. The van der Waals surface area contributed by atoms with E-state index in [1.165, 1.54) is 18.4 Å². The van der Waals surface area contributed by atoms with E-state index in [0.717, 1.165) is 24.3 Å². The van der Waals surface area contributed by atoms with Crippen molar-refractivity contribution in [2.75, 3.05) is 0 Å². The zero-order chi connectivity index (χ0) is 13.6. The molecule has 0 unspecified atom stereocenters. The van der Waals surface area contributed by atoms with Gasteiger partial charge in [0.15, 0.2) is 0 Å². The third-order valence-electron chi connectivity index (χ3n) is 4.87. The van der Waals surface area contributed by atoms with Crippen LogP contribution in [-0.4, -0.2) is 5.54 Å². The van der Waals surface area contributed by atoms with Crippen LogP contribution >= 0.6 is 0 Å². The number of rotatable bonds is 4. The van der Waals surface area contributed by atoms with Crippen LogP contribution in [0.5, 0.6) is 11.5 Å². The Morgan fingerprint density at radius 1 is 0.800 bits per heavy atom. The number of benzene rings is 2. The van der Waals surface area contributed by atoms with Gasteiger partial charge in [-0.1, -0.05) is 36.4 Å². The Hall–Kier alpha value is -1.80. The van der Waals surface area contributed by atoms with Crippen LogP contribution in [0.25, 0.3) is 0 Å². The van der Waals surface area contributed by atoms with Gasteiger partial charge in [-0.3, -0.25) is 0 Å². The molecule has 2 aliphatic rings. The maximum Gasteiger partial charge on any atom is 0.131 e. The molecule has 2 N–H and O–H groups in total. The highest BCUT2D eigenvalue weighted by molar-refractivity contribution is 5.50. The molecule has 102 valence electrons. The predicted molar refractivity (Wildman–Crippen MR) is 80.0 cm³/mol. The van der Waals surface area contributed by atoms with Gasteiger partial charge >= 0.3 is 0 Å². The first-order valence-corrected chi connectivity index (χ1v) is 7.35. The molecule has 2 aromatic carbocycles. The first-order valence-electron chi connectivity index (χ1n) is 7.35. The van der Waals surface area contributed by atoms with Gasteiger partial charge in [-0.25, -0.2) is 0 Å². The van der Waals surface area contributed by atoms with E-state index in [2.05, 4.69) is 18.2 Å². The lowest BCUT2D eigenvalue weighted by Crippen LogP contribution is -2.37. The van der Waals surface area contributed by atoms with Gasteiger partial charge in [0.2, 0.25) is 0 Å². The summed E-state index contributed by atoms with van der Waals surface area (Å²) in [6.07, 6.45) is 4.68. The molecule has 2 nitrogen and oxygen atoms in total. The van der Waals surface area contributed by atoms with Crippen molar-refractivity contribution in [1.82, 2.24) is 0 Å². The number of ether oxygens (including phenoxy) is 1. The molecule has 0 spiro atoms. The Morgan fingerprint density at radius 3 is 2.10 bits per heavy atom. The van der Waals surface area contributed by atoms with Gasteiger partial charge in [0.05, 0.1) is 0 Å². The molecule has 2 fully saturated rings. The fraction of sp³-hybridized carbons (Fsp3) is 0.333. The number of hydrogen-bond acceptors (Lipinski definition) is 2. The second kappa shape index (κ2) is 4.10. The molecule has 2 saturated carbocycles. The van der Waals surface area contributed by atoms with E-state index in [9.17, 15) is 0 Å². The molecule has 0 radical (unpaired) electrons. The average molecular weight is 265 g/mol. The summed E-state index contributed by atoms with van der Waals surface area (Å²) < 4.78 is 6.10. The zero-order valence-electron chi connectivity index (χ0n) is 11.5. The zero-order valence-corrected chi connectivity index (χ0v) is 11.5. The van der Waals surface area contributed by atoms with Gasteiger partial charge < -0.3 is 10.5 Å². The van der Waals surface area contributed by atoms with E-state index >= 15 is 0 Å². The Bertz CT molecular complexity index is 627. The smallest absolute Gasteiger partial charge is 0.131 e. The van der Waals surface area contributed by atoms with Crippen LogP contribution in [0.15, 0.2) is 54.6 Å². The summed E-state index contributed by atoms with van der Waals surface area (Å²) in [5.74, 6) is 1.85. The van der Waals surface area contributed by atoms with E-state index in [1.54, 1.807) is 0 Å². The number of para-hydroxylation sites is 2. The number of nitrogens with two attached hydrogens (primary N) is 1. The lowest BCUT2D eigenvalue weighted by Gasteiger charge is -2.25. The van der Waals surface area contributed by atoms with Crippen molar-refractivity contribution in [2.24, 2.45) is 5.73 Å². The van der Waals surface area contributed by atoms with Gasteiger partial charge in [0.25, 0.3) is 0 Å². The molecule has 4 rings (SSSR count). The third-order valence-corrected chi connectivity index (χ3v) is 4.87. The average Bonchev–Trinajstić information content (AvgIpc) is 3.37. The van der Waals surface area contributed by atoms with Gasteiger partial charge in [0, 0.05) is 16.5 Å². The van der Waals surface area contributed by atoms with Crippen LogP contribution < -0.4 is 10.5 Å². The first-order chi connectivity index (χ1) is 9.74. The van der Waals surface area contributed by atoms with Crippen LogP contribution in [0, 0.1) is 0 Å². The molecule has 2 heteroatoms. The summed E-state index contributed by atoms with van der Waals surface area (Å²) in [6.45, 7) is 0. The Labute approximate surface area is 119 Å². The molecule has 0 saturated heterocycles. The Kier molecular flexibility index (Phi) is 2.45. The van der Waals surface area contributed by atoms with E-state index in [1.807, 2.05) is 36.4 Å². The lowest BCUT2D eigenvalue weighted by molar-refractivity contribution is 0.441. The third kappa shape index (κ3) is 1.75. The maximum absolute atomic E-state index is 6.53. The minimum absolute atomic E-state index is 0.0170. The van der Waals surface area contributed by atoms with Gasteiger partial charge in [-0.15, -0.1) is 0 Å². The van der Waals surface area contributed by atoms with Crippen molar-refractivity contribution >= 4 is 0 Å². The van der Waals surface area contributed by atoms with Gasteiger partial charge in [0.1, 0.15) is 11.5 Å². The van der Waals surface area contributed by atoms with Crippen molar-refractivity contribution in [3.8, 4) is 11.5 Å². The lowest BCUT2D eigenvalue weighted by atomic mass is 9.85. The fourth-order valence-electron chi connectivity index (χ4n) is 3.34. The van der Waals surface area contributed by atoms with Crippen LogP contribution in [0.1, 0.15) is 31.2 Å². The Morgan fingerprint density at radius 2 is 1.45 bits per heavy atom. The van der Waals surface area contributed by atoms with Crippen molar-refractivity contribution < 1.29 is 4.74 Å².